The zero-order chi connectivity index (χ0) is 12.6. The summed E-state index contributed by atoms with van der Waals surface area (Å²) in [5.74, 6) is -0.0435. The number of carbonyl (C=O) groups excluding carboxylic acids is 1. The second kappa shape index (κ2) is 7.70. The molecular formula is C14H27NO2. The van der Waals surface area contributed by atoms with Crippen LogP contribution in [0.5, 0.6) is 0 Å². The highest BCUT2D eigenvalue weighted by atomic mass is 16.5. The van der Waals surface area contributed by atoms with Gasteiger partial charge >= 0.3 is 5.97 Å². The molecule has 0 saturated heterocycles. The van der Waals surface area contributed by atoms with E-state index in [1.54, 1.807) is 0 Å². The number of carbonyl (C=O) groups is 1. The lowest BCUT2D eigenvalue weighted by atomic mass is 9.86. The van der Waals surface area contributed by atoms with Crippen molar-refractivity contribution in [2.45, 2.75) is 70.8 Å². The van der Waals surface area contributed by atoms with Gasteiger partial charge in [0.15, 0.2) is 0 Å². The van der Waals surface area contributed by atoms with E-state index in [0.717, 1.165) is 25.8 Å². The van der Waals surface area contributed by atoms with Crippen molar-refractivity contribution in [1.29, 1.82) is 0 Å². The molecule has 0 aromatic carbocycles. The van der Waals surface area contributed by atoms with E-state index in [2.05, 4.69) is 12.2 Å². The van der Waals surface area contributed by atoms with Gasteiger partial charge in [-0.1, -0.05) is 32.6 Å². The van der Waals surface area contributed by atoms with Gasteiger partial charge in [0, 0.05) is 5.54 Å². The highest BCUT2D eigenvalue weighted by molar-refractivity contribution is 5.70. The van der Waals surface area contributed by atoms with Gasteiger partial charge in [-0.3, -0.25) is 4.79 Å². The molecule has 100 valence electrons. The number of hydrogen-bond acceptors (Lipinski definition) is 3. The first-order valence-electron chi connectivity index (χ1n) is 7.13. The van der Waals surface area contributed by atoms with Gasteiger partial charge < -0.3 is 10.1 Å². The van der Waals surface area contributed by atoms with Crippen molar-refractivity contribution in [3.05, 3.63) is 0 Å². The molecule has 1 aliphatic rings. The van der Waals surface area contributed by atoms with Crippen LogP contribution < -0.4 is 5.32 Å². The first-order chi connectivity index (χ1) is 8.22. The third-order valence-corrected chi connectivity index (χ3v) is 3.60. The Balaban J connectivity index is 2.58. The van der Waals surface area contributed by atoms with Gasteiger partial charge in [0.1, 0.15) is 0 Å². The van der Waals surface area contributed by atoms with Crippen LogP contribution in [-0.2, 0) is 9.53 Å². The standard InChI is InChI=1S/C14H27NO2/c1-3-11-15-14(12-13(16)17-4-2)9-7-5-6-8-10-14/h15H,3-12H2,1-2H3. The van der Waals surface area contributed by atoms with E-state index in [-0.39, 0.29) is 11.5 Å². The van der Waals surface area contributed by atoms with Crippen LogP contribution >= 0.6 is 0 Å². The van der Waals surface area contributed by atoms with E-state index < -0.39 is 0 Å². The SMILES string of the molecule is CCCNC1(CC(=O)OCC)CCCCCC1. The van der Waals surface area contributed by atoms with Crippen LogP contribution in [0.2, 0.25) is 0 Å². The average molecular weight is 241 g/mol. The summed E-state index contributed by atoms with van der Waals surface area (Å²) in [6.45, 7) is 5.53. The third kappa shape index (κ3) is 5.07. The lowest BCUT2D eigenvalue weighted by molar-refractivity contribution is -0.145. The van der Waals surface area contributed by atoms with Crippen molar-refractivity contribution in [3.63, 3.8) is 0 Å². The summed E-state index contributed by atoms with van der Waals surface area (Å²) >= 11 is 0. The first kappa shape index (κ1) is 14.5. The van der Waals surface area contributed by atoms with Crippen LogP contribution in [0.15, 0.2) is 0 Å². The topological polar surface area (TPSA) is 38.3 Å². The van der Waals surface area contributed by atoms with Gasteiger partial charge in [0.2, 0.25) is 0 Å². The quantitative estimate of drug-likeness (QED) is 0.574. The van der Waals surface area contributed by atoms with Crippen molar-refractivity contribution < 1.29 is 9.53 Å². The predicted molar refractivity (Wildman–Crippen MR) is 70.0 cm³/mol. The molecule has 0 atom stereocenters. The molecule has 0 spiro atoms. The lowest BCUT2D eigenvalue weighted by Gasteiger charge is -2.33. The Labute approximate surface area is 105 Å². The molecule has 0 bridgehead atoms. The molecule has 3 heteroatoms. The summed E-state index contributed by atoms with van der Waals surface area (Å²) in [4.78, 5) is 11.7. The van der Waals surface area contributed by atoms with Crippen LogP contribution in [-0.4, -0.2) is 24.7 Å². The monoisotopic (exact) mass is 241 g/mol. The van der Waals surface area contributed by atoms with Crippen LogP contribution in [0.3, 0.4) is 0 Å². The molecule has 17 heavy (non-hydrogen) atoms. The molecule has 0 radical (unpaired) electrons. The minimum atomic E-state index is -0.0435. The van der Waals surface area contributed by atoms with Gasteiger partial charge in [-0.2, -0.15) is 0 Å². The van der Waals surface area contributed by atoms with Gasteiger partial charge in [0.05, 0.1) is 13.0 Å². The minimum Gasteiger partial charge on any atom is -0.466 e. The smallest absolute Gasteiger partial charge is 0.307 e. The van der Waals surface area contributed by atoms with Crippen molar-refractivity contribution in [3.8, 4) is 0 Å². The fourth-order valence-corrected chi connectivity index (χ4v) is 2.70. The molecule has 3 nitrogen and oxygen atoms in total. The van der Waals surface area contributed by atoms with Crippen molar-refractivity contribution in [2.24, 2.45) is 0 Å². The van der Waals surface area contributed by atoms with E-state index >= 15 is 0 Å². The Bertz CT molecular complexity index is 220. The largest absolute Gasteiger partial charge is 0.466 e. The highest BCUT2D eigenvalue weighted by Gasteiger charge is 2.33. The van der Waals surface area contributed by atoms with Crippen LogP contribution in [0.1, 0.15) is 65.2 Å². The maximum atomic E-state index is 11.7. The normalized spacial score (nSPS) is 19.6. The lowest BCUT2D eigenvalue weighted by Crippen LogP contribution is -2.47. The zero-order valence-electron chi connectivity index (χ0n) is 11.4. The van der Waals surface area contributed by atoms with Crippen LogP contribution in [0, 0.1) is 0 Å². The molecule has 1 aliphatic carbocycles. The minimum absolute atomic E-state index is 0.0127. The second-order valence-electron chi connectivity index (χ2n) is 5.10. The Hall–Kier alpha value is -0.570. The molecular weight excluding hydrogens is 214 g/mol. The Kier molecular flexibility index (Phi) is 6.56. The molecule has 1 N–H and O–H groups in total. The summed E-state index contributed by atoms with van der Waals surface area (Å²) in [5.41, 5.74) is 0.0127. The summed E-state index contributed by atoms with van der Waals surface area (Å²) < 4.78 is 5.11. The predicted octanol–water partition coefficient (Wildman–Crippen LogP) is 3.03. The Morgan fingerprint density at radius 2 is 1.82 bits per heavy atom. The molecule has 0 amide bonds. The second-order valence-corrected chi connectivity index (χ2v) is 5.10. The van der Waals surface area contributed by atoms with Crippen LogP contribution in [0.25, 0.3) is 0 Å². The van der Waals surface area contributed by atoms with E-state index in [1.165, 1.54) is 25.7 Å². The highest BCUT2D eigenvalue weighted by Crippen LogP contribution is 2.30. The zero-order valence-corrected chi connectivity index (χ0v) is 11.4. The number of nitrogens with one attached hydrogen (secondary N) is 1. The fourth-order valence-electron chi connectivity index (χ4n) is 2.70. The van der Waals surface area contributed by atoms with Crippen molar-refractivity contribution >= 4 is 5.97 Å². The van der Waals surface area contributed by atoms with Gasteiger partial charge in [0.25, 0.3) is 0 Å². The van der Waals surface area contributed by atoms with Crippen molar-refractivity contribution in [1.82, 2.24) is 5.32 Å². The maximum Gasteiger partial charge on any atom is 0.307 e. The van der Waals surface area contributed by atoms with E-state index in [0.29, 0.717) is 13.0 Å². The third-order valence-electron chi connectivity index (χ3n) is 3.60. The number of hydrogen-bond donors (Lipinski definition) is 1. The molecule has 0 unspecified atom stereocenters. The Morgan fingerprint density at radius 3 is 2.35 bits per heavy atom. The molecule has 0 aliphatic heterocycles. The summed E-state index contributed by atoms with van der Waals surface area (Å²) in [7, 11) is 0. The summed E-state index contributed by atoms with van der Waals surface area (Å²) in [6.07, 6.45) is 8.96. The van der Waals surface area contributed by atoms with Crippen molar-refractivity contribution in [2.75, 3.05) is 13.2 Å². The molecule has 1 fully saturated rings. The van der Waals surface area contributed by atoms with Gasteiger partial charge in [-0.15, -0.1) is 0 Å². The molecule has 0 heterocycles. The first-order valence-corrected chi connectivity index (χ1v) is 7.13. The van der Waals surface area contributed by atoms with E-state index in [4.69, 9.17) is 4.74 Å². The average Bonchev–Trinajstić information content (AvgIpc) is 2.53. The molecule has 0 aromatic heterocycles. The van der Waals surface area contributed by atoms with Gasteiger partial charge in [-0.25, -0.2) is 0 Å². The summed E-state index contributed by atoms with van der Waals surface area (Å²) in [5, 5.41) is 3.61. The van der Waals surface area contributed by atoms with E-state index in [9.17, 15) is 4.79 Å². The van der Waals surface area contributed by atoms with Crippen LogP contribution in [0.4, 0.5) is 0 Å². The van der Waals surface area contributed by atoms with Gasteiger partial charge in [-0.05, 0) is 32.7 Å². The molecule has 1 rings (SSSR count). The maximum absolute atomic E-state index is 11.7. The summed E-state index contributed by atoms with van der Waals surface area (Å²) in [6, 6.07) is 0. The molecule has 0 aromatic rings. The number of ether oxygens (including phenoxy) is 1. The number of rotatable bonds is 6. The fraction of sp³-hybridized carbons (Fsp3) is 0.929. The number of esters is 1. The molecule has 1 saturated carbocycles. The Morgan fingerprint density at radius 1 is 1.18 bits per heavy atom. The van der Waals surface area contributed by atoms with E-state index in [1.807, 2.05) is 6.92 Å².